The number of piperidine rings is 1. The maximum atomic E-state index is 12.4. The highest BCUT2D eigenvalue weighted by molar-refractivity contribution is 5.91. The van der Waals surface area contributed by atoms with Crippen molar-refractivity contribution in [2.45, 2.75) is 18.8 Å². The third-order valence-corrected chi connectivity index (χ3v) is 4.07. The van der Waals surface area contributed by atoms with Gasteiger partial charge in [-0.15, -0.1) is 0 Å². The molecule has 0 radical (unpaired) electrons. The van der Waals surface area contributed by atoms with Gasteiger partial charge in [-0.25, -0.2) is 9.50 Å². The zero-order chi connectivity index (χ0) is 14.9. The van der Waals surface area contributed by atoms with Crippen molar-refractivity contribution in [2.75, 3.05) is 13.1 Å². The van der Waals surface area contributed by atoms with Crippen LogP contribution in [-0.4, -0.2) is 43.5 Å². The summed E-state index contributed by atoms with van der Waals surface area (Å²) in [6.07, 6.45) is 6.74. The lowest BCUT2D eigenvalue weighted by atomic mass is 9.94. The van der Waals surface area contributed by atoms with Crippen LogP contribution < -0.4 is 0 Å². The molecule has 0 aromatic carbocycles. The molecule has 0 spiro atoms. The van der Waals surface area contributed by atoms with Gasteiger partial charge in [-0.05, 0) is 31.0 Å². The van der Waals surface area contributed by atoms with E-state index in [4.69, 9.17) is 4.42 Å². The van der Waals surface area contributed by atoms with Crippen LogP contribution in [0.15, 0.2) is 41.4 Å². The first-order valence-electron chi connectivity index (χ1n) is 7.30. The number of fused-ring (bicyclic) bond motifs is 1. The van der Waals surface area contributed by atoms with Gasteiger partial charge in [0.15, 0.2) is 5.76 Å². The van der Waals surface area contributed by atoms with Crippen molar-refractivity contribution < 1.29 is 9.21 Å². The molecule has 0 unspecified atom stereocenters. The standard InChI is InChI=1S/C15H15N5O2/c21-14(13-4-2-8-22-13)19-7-1-3-11(9-19)12-5-6-16-15-17-10-18-20(12)15/h2,4-6,8,10-11H,1,3,7,9H2/t11-/m1/s1. The molecule has 1 aliphatic heterocycles. The second-order valence-electron chi connectivity index (χ2n) is 5.41. The topological polar surface area (TPSA) is 76.5 Å². The van der Waals surface area contributed by atoms with Crippen LogP contribution in [0.5, 0.6) is 0 Å². The SMILES string of the molecule is O=C(c1ccco1)N1CCC[C@@H](c2ccnc3ncnn23)C1. The van der Waals surface area contributed by atoms with E-state index < -0.39 is 0 Å². The van der Waals surface area contributed by atoms with E-state index in [1.165, 1.54) is 12.6 Å². The quantitative estimate of drug-likeness (QED) is 0.720. The van der Waals surface area contributed by atoms with Crippen LogP contribution in [0.2, 0.25) is 0 Å². The van der Waals surface area contributed by atoms with Gasteiger partial charge in [0.05, 0.1) is 12.0 Å². The molecule has 1 amide bonds. The molecular weight excluding hydrogens is 282 g/mol. The van der Waals surface area contributed by atoms with Crippen molar-refractivity contribution in [2.24, 2.45) is 0 Å². The summed E-state index contributed by atoms with van der Waals surface area (Å²) < 4.78 is 6.97. The van der Waals surface area contributed by atoms with Crippen LogP contribution in [0.3, 0.4) is 0 Å². The number of amides is 1. The molecule has 4 heterocycles. The predicted octanol–water partition coefficient (Wildman–Crippen LogP) is 1.74. The van der Waals surface area contributed by atoms with Crippen molar-refractivity contribution >= 4 is 11.7 Å². The Hall–Kier alpha value is -2.70. The van der Waals surface area contributed by atoms with E-state index in [-0.39, 0.29) is 11.8 Å². The van der Waals surface area contributed by atoms with E-state index in [0.29, 0.717) is 18.1 Å². The van der Waals surface area contributed by atoms with Gasteiger partial charge < -0.3 is 9.32 Å². The molecule has 0 bridgehead atoms. The molecule has 1 fully saturated rings. The van der Waals surface area contributed by atoms with Crippen molar-refractivity contribution in [3.63, 3.8) is 0 Å². The van der Waals surface area contributed by atoms with E-state index in [2.05, 4.69) is 15.1 Å². The summed E-state index contributed by atoms with van der Waals surface area (Å²) in [5.41, 5.74) is 1.04. The molecule has 1 atom stereocenters. The first-order chi connectivity index (χ1) is 10.8. The van der Waals surface area contributed by atoms with Crippen molar-refractivity contribution in [1.82, 2.24) is 24.5 Å². The molecule has 112 valence electrons. The van der Waals surface area contributed by atoms with Gasteiger partial charge in [-0.2, -0.15) is 10.1 Å². The molecule has 0 saturated carbocycles. The fraction of sp³-hybridized carbons (Fsp3) is 0.333. The molecule has 3 aromatic rings. The molecule has 7 heteroatoms. The second-order valence-corrected chi connectivity index (χ2v) is 5.41. The number of rotatable bonds is 2. The van der Waals surface area contributed by atoms with Crippen LogP contribution in [0, 0.1) is 0 Å². The number of aromatic nitrogens is 4. The lowest BCUT2D eigenvalue weighted by Crippen LogP contribution is -2.39. The number of carbonyl (C=O) groups excluding carboxylic acids is 1. The van der Waals surface area contributed by atoms with E-state index in [1.54, 1.807) is 22.8 Å². The van der Waals surface area contributed by atoms with Crippen LogP contribution in [0.1, 0.15) is 35.0 Å². The fourth-order valence-electron chi connectivity index (χ4n) is 3.02. The van der Waals surface area contributed by atoms with E-state index in [9.17, 15) is 4.79 Å². The Morgan fingerprint density at radius 3 is 3.14 bits per heavy atom. The molecule has 1 aliphatic rings. The average Bonchev–Trinajstić information content (AvgIpc) is 3.25. The Bertz CT molecular complexity index is 795. The Morgan fingerprint density at radius 2 is 2.27 bits per heavy atom. The summed E-state index contributed by atoms with van der Waals surface area (Å²) in [5.74, 6) is 1.15. The molecule has 1 saturated heterocycles. The summed E-state index contributed by atoms with van der Waals surface area (Å²) in [7, 11) is 0. The van der Waals surface area contributed by atoms with Crippen LogP contribution in [-0.2, 0) is 0 Å². The number of likely N-dealkylation sites (tertiary alicyclic amines) is 1. The highest BCUT2D eigenvalue weighted by Gasteiger charge is 2.28. The molecule has 3 aromatic heterocycles. The molecule has 7 nitrogen and oxygen atoms in total. The number of furan rings is 1. The zero-order valence-electron chi connectivity index (χ0n) is 11.9. The van der Waals surface area contributed by atoms with Gasteiger partial charge in [0.25, 0.3) is 11.7 Å². The Balaban J connectivity index is 1.61. The molecule has 22 heavy (non-hydrogen) atoms. The van der Waals surface area contributed by atoms with Crippen molar-refractivity contribution in [3.8, 4) is 0 Å². The number of hydrogen-bond acceptors (Lipinski definition) is 5. The minimum Gasteiger partial charge on any atom is -0.459 e. The minimum atomic E-state index is -0.0569. The van der Waals surface area contributed by atoms with Gasteiger partial charge in [0.1, 0.15) is 6.33 Å². The fourth-order valence-corrected chi connectivity index (χ4v) is 3.02. The van der Waals surface area contributed by atoms with Gasteiger partial charge in [0.2, 0.25) is 0 Å². The average molecular weight is 297 g/mol. The zero-order valence-corrected chi connectivity index (χ0v) is 11.9. The van der Waals surface area contributed by atoms with Crippen LogP contribution >= 0.6 is 0 Å². The van der Waals surface area contributed by atoms with Gasteiger partial charge >= 0.3 is 0 Å². The van der Waals surface area contributed by atoms with E-state index in [1.807, 2.05) is 11.0 Å². The van der Waals surface area contributed by atoms with Crippen molar-refractivity contribution in [1.29, 1.82) is 0 Å². The first-order valence-corrected chi connectivity index (χ1v) is 7.30. The second kappa shape index (κ2) is 5.25. The minimum absolute atomic E-state index is 0.0569. The number of carbonyl (C=O) groups is 1. The Kier molecular flexibility index (Phi) is 3.10. The lowest BCUT2D eigenvalue weighted by molar-refractivity contribution is 0.0673. The summed E-state index contributed by atoms with van der Waals surface area (Å²) in [4.78, 5) is 22.6. The maximum absolute atomic E-state index is 12.4. The third-order valence-electron chi connectivity index (χ3n) is 4.07. The molecule has 0 aliphatic carbocycles. The normalized spacial score (nSPS) is 18.7. The summed E-state index contributed by atoms with van der Waals surface area (Å²) in [5, 5.41) is 4.23. The number of hydrogen-bond donors (Lipinski definition) is 0. The monoisotopic (exact) mass is 297 g/mol. The summed E-state index contributed by atoms with van der Waals surface area (Å²) in [6.45, 7) is 1.40. The highest BCUT2D eigenvalue weighted by atomic mass is 16.3. The maximum Gasteiger partial charge on any atom is 0.289 e. The smallest absolute Gasteiger partial charge is 0.289 e. The van der Waals surface area contributed by atoms with Crippen LogP contribution in [0.25, 0.3) is 5.78 Å². The molecular formula is C15H15N5O2. The summed E-state index contributed by atoms with van der Waals surface area (Å²) in [6, 6.07) is 5.39. The largest absolute Gasteiger partial charge is 0.459 e. The van der Waals surface area contributed by atoms with Gasteiger partial charge in [-0.3, -0.25) is 4.79 Å². The first kappa shape index (κ1) is 13.0. The van der Waals surface area contributed by atoms with Gasteiger partial charge in [0, 0.05) is 25.2 Å². The predicted molar refractivity (Wildman–Crippen MR) is 77.4 cm³/mol. The highest BCUT2D eigenvalue weighted by Crippen LogP contribution is 2.27. The Morgan fingerprint density at radius 1 is 1.32 bits per heavy atom. The summed E-state index contributed by atoms with van der Waals surface area (Å²) >= 11 is 0. The van der Waals surface area contributed by atoms with E-state index in [0.717, 1.165) is 25.1 Å². The van der Waals surface area contributed by atoms with Gasteiger partial charge in [-0.1, -0.05) is 0 Å². The van der Waals surface area contributed by atoms with Crippen molar-refractivity contribution in [3.05, 3.63) is 48.4 Å². The Labute approximate surface area is 126 Å². The van der Waals surface area contributed by atoms with E-state index >= 15 is 0 Å². The molecule has 4 rings (SSSR count). The third kappa shape index (κ3) is 2.14. The number of nitrogens with zero attached hydrogens (tertiary/aromatic N) is 5. The van der Waals surface area contributed by atoms with Crippen LogP contribution in [0.4, 0.5) is 0 Å². The molecule has 0 N–H and O–H groups in total. The lowest BCUT2D eigenvalue weighted by Gasteiger charge is -2.32.